The number of H-pyrrole nitrogens is 1. The molecule has 0 spiro atoms. The lowest BCUT2D eigenvalue weighted by Crippen LogP contribution is -1.98. The van der Waals surface area contributed by atoms with Gasteiger partial charge in [0, 0.05) is 18.0 Å². The molecule has 2 N–H and O–H groups in total. The third-order valence-corrected chi connectivity index (χ3v) is 3.57. The second kappa shape index (κ2) is 4.89. The number of halogens is 1. The highest BCUT2D eigenvalue weighted by atomic mass is 32.2. The summed E-state index contributed by atoms with van der Waals surface area (Å²) < 4.78 is 13.7. The van der Waals surface area contributed by atoms with Gasteiger partial charge in [-0.25, -0.2) is 14.4 Å². The quantitative estimate of drug-likeness (QED) is 0.720. The van der Waals surface area contributed by atoms with Gasteiger partial charge in [0.15, 0.2) is 5.82 Å². The van der Waals surface area contributed by atoms with E-state index < -0.39 is 5.82 Å². The van der Waals surface area contributed by atoms with Crippen LogP contribution in [-0.2, 0) is 0 Å². The van der Waals surface area contributed by atoms with Gasteiger partial charge >= 0.3 is 0 Å². The first kappa shape index (κ1) is 12.0. The number of fused-ring (bicyclic) bond motifs is 1. The summed E-state index contributed by atoms with van der Waals surface area (Å²) in [5.74, 6) is -0.0253. The number of rotatable bonds is 3. The molecule has 4 nitrogen and oxygen atoms in total. The largest absolute Gasteiger partial charge is 0.357 e. The maximum absolute atomic E-state index is 13.7. The second-order valence-corrected chi connectivity index (χ2v) is 4.95. The van der Waals surface area contributed by atoms with Crippen molar-refractivity contribution < 1.29 is 4.39 Å². The van der Waals surface area contributed by atoms with Gasteiger partial charge in [0.2, 0.25) is 5.95 Å². The number of nitrogens with zero attached hydrogens (tertiary/aromatic N) is 2. The first-order valence-electron chi connectivity index (χ1n) is 5.72. The predicted molar refractivity (Wildman–Crippen MR) is 74.0 cm³/mol. The van der Waals surface area contributed by atoms with Crippen molar-refractivity contribution in [3.8, 4) is 0 Å². The molecule has 19 heavy (non-hydrogen) atoms. The van der Waals surface area contributed by atoms with Gasteiger partial charge in [-0.1, -0.05) is 18.2 Å². The molecule has 6 heteroatoms. The van der Waals surface area contributed by atoms with Crippen molar-refractivity contribution in [2.45, 2.75) is 10.1 Å². The van der Waals surface area contributed by atoms with Gasteiger partial charge in [-0.15, -0.1) is 0 Å². The van der Waals surface area contributed by atoms with Crippen LogP contribution in [0.2, 0.25) is 0 Å². The van der Waals surface area contributed by atoms with E-state index in [4.69, 9.17) is 0 Å². The summed E-state index contributed by atoms with van der Waals surface area (Å²) in [5.41, 5.74) is 1.02. The van der Waals surface area contributed by atoms with Crippen LogP contribution in [0.4, 0.5) is 10.3 Å². The third-order valence-electron chi connectivity index (χ3n) is 2.65. The van der Waals surface area contributed by atoms with E-state index in [-0.39, 0.29) is 0 Å². The zero-order valence-electron chi connectivity index (χ0n) is 10.1. The Balaban J connectivity index is 1.96. The Kier molecular flexibility index (Phi) is 3.08. The number of para-hydroxylation sites is 1. The molecule has 0 amide bonds. The lowest BCUT2D eigenvalue weighted by Gasteiger charge is -2.02. The molecule has 2 heterocycles. The van der Waals surface area contributed by atoms with Gasteiger partial charge in [0.05, 0.1) is 11.2 Å². The molecular formula is C13H11FN4S. The minimum atomic E-state index is -0.428. The molecule has 3 rings (SSSR count). The van der Waals surface area contributed by atoms with Crippen molar-refractivity contribution >= 4 is 28.6 Å². The zero-order valence-corrected chi connectivity index (χ0v) is 11.0. The molecule has 0 fully saturated rings. The lowest BCUT2D eigenvalue weighted by molar-refractivity contribution is 0.580. The number of aromatic nitrogens is 3. The molecule has 0 aliphatic carbocycles. The standard InChI is InChI=1S/C13H11FN4S/c1-15-13-16-7-9(14)12(18-13)19-11-6-8-4-2-3-5-10(8)17-11/h2-7,17H,1H3,(H,15,16,18). The van der Waals surface area contributed by atoms with Crippen LogP contribution >= 0.6 is 11.8 Å². The van der Waals surface area contributed by atoms with Gasteiger partial charge in [0.1, 0.15) is 5.03 Å². The smallest absolute Gasteiger partial charge is 0.223 e. The molecule has 1 aromatic carbocycles. The van der Waals surface area contributed by atoms with E-state index in [1.165, 1.54) is 18.0 Å². The summed E-state index contributed by atoms with van der Waals surface area (Å²) in [5, 5.41) is 5.03. The van der Waals surface area contributed by atoms with Crippen LogP contribution in [0.3, 0.4) is 0 Å². The number of benzene rings is 1. The van der Waals surface area contributed by atoms with E-state index in [0.717, 1.165) is 15.9 Å². The molecule has 0 saturated carbocycles. The highest BCUT2D eigenvalue weighted by molar-refractivity contribution is 7.99. The Hall–Kier alpha value is -2.08. The number of aromatic amines is 1. The Morgan fingerprint density at radius 1 is 1.32 bits per heavy atom. The lowest BCUT2D eigenvalue weighted by atomic mass is 10.3. The first-order chi connectivity index (χ1) is 9.26. The van der Waals surface area contributed by atoms with Crippen molar-refractivity contribution in [2.75, 3.05) is 12.4 Å². The third kappa shape index (κ3) is 2.39. The van der Waals surface area contributed by atoms with Crippen molar-refractivity contribution in [1.82, 2.24) is 15.0 Å². The van der Waals surface area contributed by atoms with E-state index >= 15 is 0 Å². The maximum atomic E-state index is 13.7. The Labute approximate surface area is 113 Å². The van der Waals surface area contributed by atoms with E-state index in [9.17, 15) is 4.39 Å². The maximum Gasteiger partial charge on any atom is 0.223 e. The fourth-order valence-corrected chi connectivity index (χ4v) is 2.59. The van der Waals surface area contributed by atoms with E-state index in [1.54, 1.807) is 7.05 Å². The molecule has 3 aromatic rings. The molecule has 0 radical (unpaired) electrons. The molecule has 0 aliphatic heterocycles. The van der Waals surface area contributed by atoms with Crippen molar-refractivity contribution in [2.24, 2.45) is 0 Å². The zero-order chi connectivity index (χ0) is 13.2. The molecule has 0 saturated heterocycles. The summed E-state index contributed by atoms with van der Waals surface area (Å²) in [6.45, 7) is 0. The predicted octanol–water partition coefficient (Wildman–Crippen LogP) is 3.29. The summed E-state index contributed by atoms with van der Waals surface area (Å²) in [4.78, 5) is 11.1. The van der Waals surface area contributed by atoms with Gasteiger partial charge in [-0.05, 0) is 23.9 Å². The van der Waals surface area contributed by atoms with Crippen LogP contribution < -0.4 is 5.32 Å². The normalized spacial score (nSPS) is 10.8. The molecule has 96 valence electrons. The van der Waals surface area contributed by atoms with Crippen LogP contribution in [-0.4, -0.2) is 22.0 Å². The number of hydrogen-bond acceptors (Lipinski definition) is 4. The Bertz CT molecular complexity index is 692. The minimum Gasteiger partial charge on any atom is -0.357 e. The van der Waals surface area contributed by atoms with Crippen LogP contribution in [0.25, 0.3) is 10.9 Å². The monoisotopic (exact) mass is 274 g/mol. The average Bonchev–Trinajstić information content (AvgIpc) is 2.83. The highest BCUT2D eigenvalue weighted by Crippen LogP contribution is 2.30. The number of anilines is 1. The second-order valence-electron chi connectivity index (χ2n) is 3.92. The minimum absolute atomic E-state index is 0.297. The molecule has 2 aromatic heterocycles. The Morgan fingerprint density at radius 3 is 2.95 bits per heavy atom. The van der Waals surface area contributed by atoms with Crippen LogP contribution in [0.1, 0.15) is 0 Å². The van der Waals surface area contributed by atoms with E-state index in [0.29, 0.717) is 11.0 Å². The van der Waals surface area contributed by atoms with Gasteiger partial charge < -0.3 is 10.3 Å². The van der Waals surface area contributed by atoms with Crippen molar-refractivity contribution in [1.29, 1.82) is 0 Å². The van der Waals surface area contributed by atoms with E-state index in [1.807, 2.05) is 30.3 Å². The van der Waals surface area contributed by atoms with Crippen LogP contribution in [0, 0.1) is 5.82 Å². The summed E-state index contributed by atoms with van der Waals surface area (Å²) in [7, 11) is 1.70. The van der Waals surface area contributed by atoms with E-state index in [2.05, 4.69) is 20.3 Å². The van der Waals surface area contributed by atoms with Gasteiger partial charge in [-0.3, -0.25) is 0 Å². The van der Waals surface area contributed by atoms with Crippen LogP contribution in [0.15, 0.2) is 46.6 Å². The number of nitrogens with one attached hydrogen (secondary N) is 2. The first-order valence-corrected chi connectivity index (χ1v) is 6.54. The number of hydrogen-bond donors (Lipinski definition) is 2. The van der Waals surface area contributed by atoms with Crippen molar-refractivity contribution in [3.05, 3.63) is 42.3 Å². The fraction of sp³-hybridized carbons (Fsp3) is 0.0769. The van der Waals surface area contributed by atoms with Crippen LogP contribution in [0.5, 0.6) is 0 Å². The SMILES string of the molecule is CNc1ncc(F)c(Sc2cc3ccccc3[nH]2)n1. The Morgan fingerprint density at radius 2 is 2.16 bits per heavy atom. The van der Waals surface area contributed by atoms with Gasteiger partial charge in [0.25, 0.3) is 0 Å². The summed E-state index contributed by atoms with van der Waals surface area (Å²) >= 11 is 1.25. The summed E-state index contributed by atoms with van der Waals surface area (Å²) in [6.07, 6.45) is 1.17. The van der Waals surface area contributed by atoms with Crippen molar-refractivity contribution in [3.63, 3.8) is 0 Å². The summed E-state index contributed by atoms with van der Waals surface area (Å²) in [6, 6.07) is 9.88. The van der Waals surface area contributed by atoms with Gasteiger partial charge in [-0.2, -0.15) is 0 Å². The molecule has 0 atom stereocenters. The molecule has 0 aliphatic rings. The molecular weight excluding hydrogens is 263 g/mol. The highest BCUT2D eigenvalue weighted by Gasteiger charge is 2.10. The molecule has 0 unspecified atom stereocenters. The average molecular weight is 274 g/mol. The topological polar surface area (TPSA) is 53.6 Å². The fourth-order valence-electron chi connectivity index (χ4n) is 1.75. The molecule has 0 bridgehead atoms.